The van der Waals surface area contributed by atoms with Gasteiger partial charge in [-0.15, -0.1) is 0 Å². The van der Waals surface area contributed by atoms with Crippen molar-refractivity contribution in [1.29, 1.82) is 0 Å². The Morgan fingerprint density at radius 2 is 1.33 bits per heavy atom. The number of para-hydroxylation sites is 1. The van der Waals surface area contributed by atoms with Gasteiger partial charge in [0.25, 0.3) is 0 Å². The molecule has 1 spiro atoms. The van der Waals surface area contributed by atoms with Crippen LogP contribution in [0.15, 0.2) is 91.0 Å². The second-order valence-electron chi connectivity index (χ2n) is 9.16. The van der Waals surface area contributed by atoms with Crippen molar-refractivity contribution in [3.63, 3.8) is 0 Å². The number of hydrogen-bond donors (Lipinski definition) is 0. The fraction of sp³-hybridized carbons (Fsp3) is 0.200. The molecule has 1 fully saturated rings. The Kier molecular flexibility index (Phi) is 5.20. The van der Waals surface area contributed by atoms with Gasteiger partial charge in [-0.25, -0.2) is 0 Å². The SMILES string of the molecule is Clc1cccc(N(c2ccccc2)c2ccc3c(c2)-c2ccccc2C32CCCCC2)c1Cl. The summed E-state index contributed by atoms with van der Waals surface area (Å²) in [5.74, 6) is 0. The zero-order valence-corrected chi connectivity index (χ0v) is 19.9. The van der Waals surface area contributed by atoms with E-state index in [0.29, 0.717) is 10.0 Å². The molecule has 0 heterocycles. The Bertz CT molecular complexity index is 1320. The van der Waals surface area contributed by atoms with Crippen LogP contribution in [0.1, 0.15) is 43.2 Å². The zero-order valence-electron chi connectivity index (χ0n) is 18.4. The van der Waals surface area contributed by atoms with Crippen LogP contribution < -0.4 is 4.90 Å². The maximum atomic E-state index is 6.73. The van der Waals surface area contributed by atoms with Crippen LogP contribution in [-0.4, -0.2) is 0 Å². The third kappa shape index (κ3) is 3.29. The van der Waals surface area contributed by atoms with Crippen LogP contribution in [0.2, 0.25) is 10.0 Å². The molecule has 0 amide bonds. The van der Waals surface area contributed by atoms with E-state index in [2.05, 4.69) is 71.6 Å². The smallest absolute Gasteiger partial charge is 0.0832 e. The van der Waals surface area contributed by atoms with Gasteiger partial charge < -0.3 is 4.90 Å². The monoisotopic (exact) mass is 469 g/mol. The van der Waals surface area contributed by atoms with E-state index in [0.717, 1.165) is 17.1 Å². The Morgan fingerprint density at radius 1 is 0.606 bits per heavy atom. The second-order valence-corrected chi connectivity index (χ2v) is 9.95. The summed E-state index contributed by atoms with van der Waals surface area (Å²) >= 11 is 13.2. The fourth-order valence-electron chi connectivity index (χ4n) is 5.96. The normalized spacial score (nSPS) is 15.8. The highest BCUT2D eigenvalue weighted by molar-refractivity contribution is 6.43. The van der Waals surface area contributed by atoms with Crippen molar-refractivity contribution in [2.75, 3.05) is 4.90 Å². The Morgan fingerprint density at radius 3 is 2.15 bits per heavy atom. The average molecular weight is 470 g/mol. The van der Waals surface area contributed by atoms with E-state index < -0.39 is 0 Å². The first kappa shape index (κ1) is 20.8. The lowest BCUT2D eigenvalue weighted by Gasteiger charge is -2.36. The van der Waals surface area contributed by atoms with Crippen molar-refractivity contribution in [2.45, 2.75) is 37.5 Å². The summed E-state index contributed by atoms with van der Waals surface area (Å²) in [6.07, 6.45) is 6.40. The summed E-state index contributed by atoms with van der Waals surface area (Å²) in [6.45, 7) is 0. The summed E-state index contributed by atoms with van der Waals surface area (Å²) in [5, 5.41) is 1.12. The van der Waals surface area contributed by atoms with Crippen molar-refractivity contribution in [1.82, 2.24) is 0 Å². The number of hydrogen-bond acceptors (Lipinski definition) is 1. The molecule has 0 saturated heterocycles. The molecular weight excluding hydrogens is 445 g/mol. The zero-order chi connectivity index (χ0) is 22.4. The quantitative estimate of drug-likeness (QED) is 0.288. The molecule has 1 nitrogen and oxygen atoms in total. The van der Waals surface area contributed by atoms with Crippen molar-refractivity contribution in [2.24, 2.45) is 0 Å². The minimum Gasteiger partial charge on any atom is -0.309 e. The highest BCUT2D eigenvalue weighted by atomic mass is 35.5. The first-order valence-corrected chi connectivity index (χ1v) is 12.5. The van der Waals surface area contributed by atoms with Crippen LogP contribution in [0, 0.1) is 0 Å². The van der Waals surface area contributed by atoms with E-state index in [1.807, 2.05) is 24.3 Å². The third-order valence-electron chi connectivity index (χ3n) is 7.40. The van der Waals surface area contributed by atoms with E-state index in [-0.39, 0.29) is 5.41 Å². The fourth-order valence-corrected chi connectivity index (χ4v) is 6.34. The predicted molar refractivity (Wildman–Crippen MR) is 140 cm³/mol. The van der Waals surface area contributed by atoms with Gasteiger partial charge in [0.05, 0.1) is 15.7 Å². The predicted octanol–water partition coefficient (Wildman–Crippen LogP) is 9.69. The van der Waals surface area contributed by atoms with Gasteiger partial charge in [0.2, 0.25) is 0 Å². The van der Waals surface area contributed by atoms with E-state index >= 15 is 0 Å². The molecule has 0 radical (unpaired) electrons. The third-order valence-corrected chi connectivity index (χ3v) is 8.21. The summed E-state index contributed by atoms with van der Waals surface area (Å²) in [4.78, 5) is 2.21. The van der Waals surface area contributed by atoms with Gasteiger partial charge in [-0.1, -0.05) is 97.1 Å². The molecule has 0 aliphatic heterocycles. The van der Waals surface area contributed by atoms with Crippen LogP contribution in [0.25, 0.3) is 11.1 Å². The number of benzene rings is 4. The van der Waals surface area contributed by atoms with Gasteiger partial charge in [0, 0.05) is 16.8 Å². The molecular formula is C30H25Cl2N. The molecule has 164 valence electrons. The first-order valence-electron chi connectivity index (χ1n) is 11.7. The Labute approximate surface area is 205 Å². The standard InChI is InChI=1S/C30H25Cl2N/c31-27-14-9-15-28(29(27)32)33(21-10-3-1-4-11-21)22-16-17-26-24(20-22)23-12-5-6-13-25(23)30(26)18-7-2-8-19-30/h1,3-6,9-17,20H,2,7-8,18-19H2. The molecule has 2 aliphatic carbocycles. The van der Waals surface area contributed by atoms with Gasteiger partial charge in [0.15, 0.2) is 0 Å². The van der Waals surface area contributed by atoms with Gasteiger partial charge in [-0.3, -0.25) is 0 Å². The van der Waals surface area contributed by atoms with Gasteiger partial charge in [-0.2, -0.15) is 0 Å². The molecule has 33 heavy (non-hydrogen) atoms. The maximum Gasteiger partial charge on any atom is 0.0832 e. The van der Waals surface area contributed by atoms with Crippen molar-refractivity contribution < 1.29 is 0 Å². The molecule has 0 atom stereocenters. The van der Waals surface area contributed by atoms with E-state index in [4.69, 9.17) is 23.2 Å². The number of rotatable bonds is 3. The molecule has 0 unspecified atom stereocenters. The summed E-state index contributed by atoms with van der Waals surface area (Å²) in [6, 6.07) is 32.2. The largest absolute Gasteiger partial charge is 0.309 e. The van der Waals surface area contributed by atoms with Crippen LogP contribution in [0.3, 0.4) is 0 Å². The van der Waals surface area contributed by atoms with Crippen LogP contribution >= 0.6 is 23.2 Å². The van der Waals surface area contributed by atoms with Crippen LogP contribution in [0.4, 0.5) is 17.1 Å². The molecule has 1 saturated carbocycles. The maximum absolute atomic E-state index is 6.73. The minimum atomic E-state index is 0.161. The number of fused-ring (bicyclic) bond motifs is 5. The van der Waals surface area contributed by atoms with E-state index in [1.54, 1.807) is 0 Å². The number of anilines is 3. The van der Waals surface area contributed by atoms with Gasteiger partial charge in [0.1, 0.15) is 0 Å². The molecule has 0 aromatic heterocycles. The van der Waals surface area contributed by atoms with E-state index in [9.17, 15) is 0 Å². The lowest BCUT2D eigenvalue weighted by molar-refractivity contribution is 0.353. The summed E-state index contributed by atoms with van der Waals surface area (Å²) in [7, 11) is 0. The number of halogens is 2. The lowest BCUT2D eigenvalue weighted by atomic mass is 9.68. The van der Waals surface area contributed by atoms with Gasteiger partial charge in [-0.05, 0) is 71.5 Å². The van der Waals surface area contributed by atoms with Gasteiger partial charge >= 0.3 is 0 Å². The van der Waals surface area contributed by atoms with E-state index in [1.165, 1.54) is 54.4 Å². The van der Waals surface area contributed by atoms with Crippen LogP contribution in [-0.2, 0) is 5.41 Å². The Hall–Kier alpha value is -2.74. The molecule has 0 N–H and O–H groups in total. The first-order chi connectivity index (χ1) is 16.2. The minimum absolute atomic E-state index is 0.161. The summed E-state index contributed by atoms with van der Waals surface area (Å²) < 4.78 is 0. The average Bonchev–Trinajstić information content (AvgIpc) is 3.12. The second kappa shape index (κ2) is 8.24. The highest BCUT2D eigenvalue weighted by Crippen LogP contribution is 2.56. The topological polar surface area (TPSA) is 3.24 Å². The Balaban J connectivity index is 1.57. The molecule has 4 aromatic rings. The summed E-state index contributed by atoms with van der Waals surface area (Å²) in [5.41, 5.74) is 8.90. The molecule has 4 aromatic carbocycles. The lowest BCUT2D eigenvalue weighted by Crippen LogP contribution is -2.28. The van der Waals surface area contributed by atoms with Crippen molar-refractivity contribution in [3.8, 4) is 11.1 Å². The van der Waals surface area contributed by atoms with Crippen molar-refractivity contribution in [3.05, 3.63) is 112 Å². The highest BCUT2D eigenvalue weighted by Gasteiger charge is 2.43. The molecule has 0 bridgehead atoms. The molecule has 3 heteroatoms. The number of nitrogens with zero attached hydrogens (tertiary/aromatic N) is 1. The molecule has 2 aliphatic rings. The molecule has 6 rings (SSSR count). The van der Waals surface area contributed by atoms with Crippen molar-refractivity contribution >= 4 is 40.3 Å². The van der Waals surface area contributed by atoms with Crippen LogP contribution in [0.5, 0.6) is 0 Å².